The first-order valence-corrected chi connectivity index (χ1v) is 10.2. The summed E-state index contributed by atoms with van der Waals surface area (Å²) < 4.78 is 1.88. The number of rotatable bonds is 8. The summed E-state index contributed by atoms with van der Waals surface area (Å²) in [6.07, 6.45) is 1.73. The number of nitro benzene ring substituents is 1. The quantitative estimate of drug-likeness (QED) is 0.233. The molecule has 1 amide bonds. The Bertz CT molecular complexity index is 1120. The number of amides is 1. The molecule has 0 atom stereocenters. The van der Waals surface area contributed by atoms with Gasteiger partial charge in [-0.3, -0.25) is 19.5 Å². The average molecular weight is 444 g/mol. The molecule has 0 saturated carbocycles. The van der Waals surface area contributed by atoms with Crippen molar-refractivity contribution < 1.29 is 9.72 Å². The second kappa shape index (κ2) is 9.55. The third-order valence-electron chi connectivity index (χ3n) is 4.18. The highest BCUT2D eigenvalue weighted by Crippen LogP contribution is 2.28. The number of nitrogens with zero attached hydrogens (tertiary/aromatic N) is 4. The number of carbonyl (C=O) groups excluding carboxylic acids is 1. The Morgan fingerprint density at radius 1 is 1.33 bits per heavy atom. The molecule has 1 N–H and O–H groups in total. The van der Waals surface area contributed by atoms with E-state index < -0.39 is 4.92 Å². The molecule has 3 aromatic rings. The molecule has 154 valence electrons. The van der Waals surface area contributed by atoms with Crippen LogP contribution in [0.2, 0.25) is 5.02 Å². The van der Waals surface area contributed by atoms with Crippen LogP contribution >= 0.6 is 23.4 Å². The fourth-order valence-corrected chi connectivity index (χ4v) is 3.66. The van der Waals surface area contributed by atoms with Gasteiger partial charge in [0, 0.05) is 24.2 Å². The molecule has 0 fully saturated rings. The molecule has 1 aromatic heterocycles. The zero-order valence-electron chi connectivity index (χ0n) is 16.0. The highest BCUT2D eigenvalue weighted by Gasteiger charge is 2.17. The maximum atomic E-state index is 12.4. The van der Waals surface area contributed by atoms with Crippen LogP contribution in [-0.4, -0.2) is 31.3 Å². The van der Waals surface area contributed by atoms with Crippen LogP contribution in [0.4, 0.5) is 11.4 Å². The lowest BCUT2D eigenvalue weighted by Gasteiger charge is -2.10. The van der Waals surface area contributed by atoms with E-state index in [0.717, 1.165) is 11.1 Å². The van der Waals surface area contributed by atoms with Crippen LogP contribution in [0.25, 0.3) is 11.4 Å². The lowest BCUT2D eigenvalue weighted by Crippen LogP contribution is -2.15. The second-order valence-corrected chi connectivity index (χ2v) is 7.63. The van der Waals surface area contributed by atoms with E-state index in [1.54, 1.807) is 6.08 Å². The van der Waals surface area contributed by atoms with Crippen molar-refractivity contribution in [3.8, 4) is 11.4 Å². The van der Waals surface area contributed by atoms with Crippen molar-refractivity contribution in [1.29, 1.82) is 0 Å². The minimum atomic E-state index is -0.550. The van der Waals surface area contributed by atoms with Crippen LogP contribution in [0.3, 0.4) is 0 Å². The third-order valence-corrected chi connectivity index (χ3v) is 5.48. The number of nitrogens with one attached hydrogen (secondary N) is 1. The van der Waals surface area contributed by atoms with Gasteiger partial charge in [0.05, 0.1) is 21.4 Å². The number of thioether (sulfide) groups is 1. The SMILES string of the molecule is C=CCn1c(SCC(=O)Nc2cc([N+](=O)[O-])ccc2Cl)nnc1-c1ccccc1C. The van der Waals surface area contributed by atoms with Gasteiger partial charge in [-0.15, -0.1) is 16.8 Å². The van der Waals surface area contributed by atoms with Gasteiger partial charge in [0.15, 0.2) is 11.0 Å². The molecule has 3 rings (SSSR count). The van der Waals surface area contributed by atoms with Gasteiger partial charge < -0.3 is 5.32 Å². The molecule has 0 aliphatic rings. The highest BCUT2D eigenvalue weighted by molar-refractivity contribution is 7.99. The van der Waals surface area contributed by atoms with Crippen LogP contribution < -0.4 is 5.32 Å². The summed E-state index contributed by atoms with van der Waals surface area (Å²) in [4.78, 5) is 22.8. The summed E-state index contributed by atoms with van der Waals surface area (Å²) in [6, 6.07) is 11.7. The van der Waals surface area contributed by atoms with E-state index >= 15 is 0 Å². The molecule has 0 aliphatic heterocycles. The van der Waals surface area contributed by atoms with Gasteiger partial charge in [-0.2, -0.15) is 0 Å². The smallest absolute Gasteiger partial charge is 0.271 e. The molecule has 0 spiro atoms. The number of nitro groups is 1. The van der Waals surface area contributed by atoms with Gasteiger partial charge in [0.2, 0.25) is 5.91 Å². The molecule has 30 heavy (non-hydrogen) atoms. The van der Waals surface area contributed by atoms with Crippen LogP contribution in [0, 0.1) is 17.0 Å². The van der Waals surface area contributed by atoms with E-state index in [9.17, 15) is 14.9 Å². The van der Waals surface area contributed by atoms with Crippen molar-refractivity contribution in [2.45, 2.75) is 18.6 Å². The first-order chi connectivity index (χ1) is 14.4. The summed E-state index contributed by atoms with van der Waals surface area (Å²) in [6.45, 7) is 6.26. The lowest BCUT2D eigenvalue weighted by molar-refractivity contribution is -0.384. The van der Waals surface area contributed by atoms with Gasteiger partial charge >= 0.3 is 0 Å². The Morgan fingerprint density at radius 2 is 2.10 bits per heavy atom. The Hall–Kier alpha value is -3.17. The van der Waals surface area contributed by atoms with Crippen molar-refractivity contribution in [2.24, 2.45) is 0 Å². The first kappa shape index (κ1) is 21.5. The predicted molar refractivity (Wildman–Crippen MR) is 118 cm³/mol. The standard InChI is InChI=1S/C20H18ClN5O3S/c1-3-10-25-19(15-7-5-4-6-13(15)2)23-24-20(25)30-12-18(27)22-17-11-14(26(28)29)8-9-16(17)21/h3-9,11H,1,10,12H2,2H3,(H,22,27). The number of carbonyl (C=O) groups is 1. The predicted octanol–water partition coefficient (Wildman–Crippen LogP) is 4.73. The minimum Gasteiger partial charge on any atom is -0.324 e. The fourth-order valence-electron chi connectivity index (χ4n) is 2.75. The first-order valence-electron chi connectivity index (χ1n) is 8.87. The van der Waals surface area contributed by atoms with Crippen LogP contribution in [-0.2, 0) is 11.3 Å². The Balaban J connectivity index is 1.75. The fraction of sp³-hybridized carbons (Fsp3) is 0.150. The van der Waals surface area contributed by atoms with Gasteiger partial charge in [0.25, 0.3) is 5.69 Å². The Morgan fingerprint density at radius 3 is 2.80 bits per heavy atom. The number of allylic oxidation sites excluding steroid dienone is 1. The number of hydrogen-bond donors (Lipinski definition) is 1. The molecule has 10 heteroatoms. The molecular weight excluding hydrogens is 426 g/mol. The number of non-ortho nitro benzene ring substituents is 1. The lowest BCUT2D eigenvalue weighted by atomic mass is 10.1. The maximum absolute atomic E-state index is 12.4. The molecule has 0 radical (unpaired) electrons. The second-order valence-electron chi connectivity index (χ2n) is 6.28. The molecule has 0 aliphatic carbocycles. The number of benzene rings is 2. The van der Waals surface area contributed by atoms with E-state index in [0.29, 0.717) is 17.5 Å². The van der Waals surface area contributed by atoms with Crippen molar-refractivity contribution in [2.75, 3.05) is 11.1 Å². The van der Waals surface area contributed by atoms with Crippen molar-refractivity contribution in [3.63, 3.8) is 0 Å². The van der Waals surface area contributed by atoms with E-state index in [1.807, 2.05) is 35.8 Å². The molecule has 0 unspecified atom stereocenters. The minimum absolute atomic E-state index is 0.0298. The number of anilines is 1. The normalized spacial score (nSPS) is 10.6. The number of aryl methyl sites for hydroxylation is 1. The summed E-state index contributed by atoms with van der Waals surface area (Å²) in [5.74, 6) is 0.354. The molecule has 2 aromatic carbocycles. The van der Waals surface area contributed by atoms with E-state index in [-0.39, 0.29) is 28.1 Å². The number of halogens is 1. The molecular formula is C20H18ClN5O3S. The van der Waals surface area contributed by atoms with Crippen LogP contribution in [0.15, 0.2) is 60.3 Å². The van der Waals surface area contributed by atoms with E-state index in [2.05, 4.69) is 22.1 Å². The van der Waals surface area contributed by atoms with Crippen molar-refractivity contribution in [1.82, 2.24) is 14.8 Å². The van der Waals surface area contributed by atoms with Crippen molar-refractivity contribution >= 4 is 40.6 Å². The molecule has 0 bridgehead atoms. The summed E-state index contributed by atoms with van der Waals surface area (Å²) in [5.41, 5.74) is 2.04. The van der Waals surface area contributed by atoms with Crippen LogP contribution in [0.5, 0.6) is 0 Å². The maximum Gasteiger partial charge on any atom is 0.271 e. The summed E-state index contributed by atoms with van der Waals surface area (Å²) in [5, 5.41) is 22.8. The van der Waals surface area contributed by atoms with Gasteiger partial charge in [-0.25, -0.2) is 0 Å². The molecule has 1 heterocycles. The van der Waals surface area contributed by atoms with Gasteiger partial charge in [-0.05, 0) is 18.6 Å². The zero-order chi connectivity index (χ0) is 21.7. The number of aromatic nitrogens is 3. The molecule has 8 nitrogen and oxygen atoms in total. The average Bonchev–Trinajstić information content (AvgIpc) is 3.11. The Labute approximate surface area is 182 Å². The van der Waals surface area contributed by atoms with Gasteiger partial charge in [0.1, 0.15) is 0 Å². The highest BCUT2D eigenvalue weighted by atomic mass is 35.5. The van der Waals surface area contributed by atoms with Crippen LogP contribution in [0.1, 0.15) is 5.56 Å². The molecule has 0 saturated heterocycles. The Kier molecular flexibility index (Phi) is 6.86. The van der Waals surface area contributed by atoms with E-state index in [4.69, 9.17) is 11.6 Å². The van der Waals surface area contributed by atoms with Gasteiger partial charge in [-0.1, -0.05) is 53.7 Å². The third kappa shape index (κ3) is 4.87. The topological polar surface area (TPSA) is 103 Å². The monoisotopic (exact) mass is 443 g/mol. The largest absolute Gasteiger partial charge is 0.324 e. The number of hydrogen-bond acceptors (Lipinski definition) is 6. The summed E-state index contributed by atoms with van der Waals surface area (Å²) in [7, 11) is 0. The summed E-state index contributed by atoms with van der Waals surface area (Å²) >= 11 is 7.24. The van der Waals surface area contributed by atoms with Crippen molar-refractivity contribution in [3.05, 3.63) is 75.8 Å². The zero-order valence-corrected chi connectivity index (χ0v) is 17.6. The van der Waals surface area contributed by atoms with E-state index in [1.165, 1.54) is 30.0 Å².